The van der Waals surface area contributed by atoms with Gasteiger partial charge in [0.25, 0.3) is 0 Å². The lowest BCUT2D eigenvalue weighted by Gasteiger charge is -2.36. The molecule has 9 aromatic carbocycles. The van der Waals surface area contributed by atoms with Crippen molar-refractivity contribution < 1.29 is 18.8 Å². The summed E-state index contributed by atoms with van der Waals surface area (Å²) in [4.78, 5) is 14.7. The van der Waals surface area contributed by atoms with E-state index in [4.69, 9.17) is 9.47 Å². The summed E-state index contributed by atoms with van der Waals surface area (Å²) in [5.74, 6) is 1.32. The smallest absolute Gasteiger partial charge is 0.430 e. The van der Waals surface area contributed by atoms with Crippen molar-refractivity contribution in [2.45, 2.75) is 46.1 Å². The number of fused-ring (bicyclic) bond motifs is 1. The number of hydrogen-bond acceptors (Lipinski definition) is 4. The zero-order valence-electron chi connectivity index (χ0n) is 38.8. The van der Waals surface area contributed by atoms with Crippen LogP contribution in [0, 0.1) is 17.8 Å². The summed E-state index contributed by atoms with van der Waals surface area (Å²) in [5.41, 5.74) is 8.77. The molecule has 1 saturated carbocycles. The average molecular weight is 907 g/mol. The minimum atomic E-state index is -3.95. The summed E-state index contributed by atoms with van der Waals surface area (Å²) in [6, 6.07) is 73.7. The van der Waals surface area contributed by atoms with Crippen LogP contribution in [0.5, 0.6) is 5.75 Å². The van der Waals surface area contributed by atoms with Crippen LogP contribution in [0.2, 0.25) is 0 Å². The Hall–Kier alpha value is -7.26. The van der Waals surface area contributed by atoms with Crippen LogP contribution in [0.3, 0.4) is 0 Å². The molecule has 10 rings (SSSR count). The topological polar surface area (TPSA) is 52.6 Å². The lowest BCUT2D eigenvalue weighted by molar-refractivity contribution is -0.0136. The van der Waals surface area contributed by atoms with E-state index < -0.39 is 13.3 Å². The number of carbonyl (C=O) groups is 1. The van der Waals surface area contributed by atoms with Gasteiger partial charge in [0.1, 0.15) is 11.9 Å². The Morgan fingerprint density at radius 2 is 0.912 bits per heavy atom. The average Bonchev–Trinajstić information content (AvgIpc) is 3.39. The zero-order valence-corrected chi connectivity index (χ0v) is 39.7. The van der Waals surface area contributed by atoms with Crippen LogP contribution in [0.25, 0.3) is 66.4 Å². The SMILES string of the molecule is CC(C)[C@H]1CC[C@H](C)C[C@@H]1OC(=O)Oc1ccc2ccccc2c1-c1c(-c2ccccc2)c(-c2ccccc2)c(-c2ccccc2)c(-c2ccccc2)c1P(=O)(c1ccccc1)c1ccccc1. The molecule has 0 amide bonds. The molecule has 3 atom stereocenters. The molecule has 9 aromatic rings. The van der Waals surface area contributed by atoms with Gasteiger partial charge in [-0.1, -0.05) is 240 Å². The largest absolute Gasteiger partial charge is 0.514 e. The molecule has 1 aliphatic carbocycles. The molecule has 5 heteroatoms. The fourth-order valence-corrected chi connectivity index (χ4v) is 13.7. The first-order chi connectivity index (χ1) is 33.3. The van der Waals surface area contributed by atoms with Crippen molar-refractivity contribution in [1.82, 2.24) is 0 Å². The highest BCUT2D eigenvalue weighted by atomic mass is 31.2. The highest BCUT2D eigenvalue weighted by Crippen LogP contribution is 2.58. The van der Waals surface area contributed by atoms with Crippen molar-refractivity contribution >= 4 is 40.0 Å². The summed E-state index contributed by atoms with van der Waals surface area (Å²) in [6.07, 6.45) is 1.86. The van der Waals surface area contributed by atoms with Crippen molar-refractivity contribution in [3.05, 3.63) is 218 Å². The Bertz CT molecular complexity index is 3180. The molecular formula is C63H55O4P. The van der Waals surface area contributed by atoms with Crippen molar-refractivity contribution in [3.8, 4) is 61.4 Å². The second-order valence-corrected chi connectivity index (χ2v) is 21.2. The third-order valence-corrected chi connectivity index (χ3v) is 16.9. The van der Waals surface area contributed by atoms with E-state index in [1.807, 2.05) is 109 Å². The molecule has 0 radical (unpaired) electrons. The van der Waals surface area contributed by atoms with Gasteiger partial charge in [-0.3, -0.25) is 0 Å². The molecule has 336 valence electrons. The first-order valence-electron chi connectivity index (χ1n) is 23.9. The summed E-state index contributed by atoms with van der Waals surface area (Å²) in [7, 11) is -3.95. The fourth-order valence-electron chi connectivity index (χ4n) is 10.6. The lowest BCUT2D eigenvalue weighted by Crippen LogP contribution is -2.36. The number of rotatable bonds is 11. The van der Waals surface area contributed by atoms with Gasteiger partial charge in [-0.25, -0.2) is 4.79 Å². The minimum Gasteiger partial charge on any atom is -0.430 e. The maximum absolute atomic E-state index is 18.0. The Balaban J connectivity index is 1.44. The molecule has 0 aliphatic heterocycles. The summed E-state index contributed by atoms with van der Waals surface area (Å²) in [6.45, 7) is 6.65. The maximum atomic E-state index is 18.0. The quantitative estimate of drug-likeness (QED) is 0.0737. The van der Waals surface area contributed by atoms with E-state index in [-0.39, 0.29) is 12.0 Å². The number of hydrogen-bond donors (Lipinski definition) is 0. The predicted octanol–water partition coefficient (Wildman–Crippen LogP) is 15.8. The van der Waals surface area contributed by atoms with Gasteiger partial charge in [0, 0.05) is 32.6 Å². The molecule has 0 bridgehead atoms. The van der Waals surface area contributed by atoms with Crippen LogP contribution in [-0.2, 0) is 9.30 Å². The zero-order chi connectivity index (χ0) is 46.6. The summed E-state index contributed by atoms with van der Waals surface area (Å²) < 4.78 is 31.1. The van der Waals surface area contributed by atoms with E-state index in [0.29, 0.717) is 39.1 Å². The molecule has 0 aromatic heterocycles. The second kappa shape index (κ2) is 19.5. The molecule has 68 heavy (non-hydrogen) atoms. The summed E-state index contributed by atoms with van der Waals surface area (Å²) >= 11 is 0. The molecule has 0 heterocycles. The molecule has 0 N–H and O–H groups in total. The Morgan fingerprint density at radius 1 is 0.485 bits per heavy atom. The van der Waals surface area contributed by atoms with Gasteiger partial charge in [0.2, 0.25) is 0 Å². The standard InChI is InChI=1S/C63H55O4P/c1-43(2)52-40-38-44(3)42-55(52)67-63(64)66-54-41-39-45-24-22-23-37-53(45)60(54)61-58(48-29-14-6-15-30-48)56(46-25-10-4-11-26-46)57(47-27-12-5-13-28-47)59(49-31-16-7-17-32-49)62(61)68(65,50-33-18-8-19-34-50)51-35-20-9-21-36-51/h4-37,39,41,43-44,52,55H,38,40,42H2,1-3H3/t44-,52+,55-/m0/s1. The Morgan fingerprint density at radius 3 is 1.41 bits per heavy atom. The Labute approximate surface area is 400 Å². The first-order valence-corrected chi connectivity index (χ1v) is 25.6. The second-order valence-electron chi connectivity index (χ2n) is 18.5. The van der Waals surface area contributed by atoms with Gasteiger partial charge in [-0.15, -0.1) is 0 Å². The van der Waals surface area contributed by atoms with Crippen LogP contribution < -0.4 is 20.7 Å². The number of benzene rings is 9. The molecule has 1 aliphatic rings. The van der Waals surface area contributed by atoms with Crippen LogP contribution in [-0.4, -0.2) is 12.3 Å². The van der Waals surface area contributed by atoms with Crippen molar-refractivity contribution in [1.29, 1.82) is 0 Å². The van der Waals surface area contributed by atoms with Crippen LogP contribution in [0.4, 0.5) is 4.79 Å². The molecule has 0 unspecified atom stereocenters. The molecule has 4 nitrogen and oxygen atoms in total. The van der Waals surface area contributed by atoms with Crippen molar-refractivity contribution in [2.24, 2.45) is 17.8 Å². The highest BCUT2D eigenvalue weighted by molar-refractivity contribution is 7.85. The van der Waals surface area contributed by atoms with Crippen molar-refractivity contribution in [2.75, 3.05) is 0 Å². The molecule has 1 fully saturated rings. The van der Waals surface area contributed by atoms with E-state index in [1.54, 1.807) is 0 Å². The molecular weight excluding hydrogens is 852 g/mol. The molecule has 0 saturated heterocycles. The third kappa shape index (κ3) is 8.51. The lowest BCUT2D eigenvalue weighted by atomic mass is 9.75. The fraction of sp³-hybridized carbons (Fsp3) is 0.159. The van der Waals surface area contributed by atoms with Gasteiger partial charge in [0.05, 0.1) is 0 Å². The predicted molar refractivity (Wildman–Crippen MR) is 283 cm³/mol. The maximum Gasteiger partial charge on any atom is 0.514 e. The van der Waals surface area contributed by atoms with Gasteiger partial charge in [-0.2, -0.15) is 0 Å². The normalized spacial score (nSPS) is 16.1. The number of carbonyl (C=O) groups excluding carboxylic acids is 1. The Kier molecular flexibility index (Phi) is 12.8. The van der Waals surface area contributed by atoms with Crippen LogP contribution in [0.15, 0.2) is 218 Å². The minimum absolute atomic E-state index is 0.223. The first kappa shape index (κ1) is 44.6. The van der Waals surface area contributed by atoms with E-state index in [0.717, 1.165) is 80.1 Å². The highest BCUT2D eigenvalue weighted by Gasteiger charge is 2.41. The van der Waals surface area contributed by atoms with E-state index in [2.05, 4.69) is 130 Å². The summed E-state index contributed by atoms with van der Waals surface area (Å²) in [5, 5.41) is 3.81. The number of ether oxygens (including phenoxy) is 2. The molecule has 0 spiro atoms. The van der Waals surface area contributed by atoms with Crippen molar-refractivity contribution in [3.63, 3.8) is 0 Å². The monoisotopic (exact) mass is 906 g/mol. The van der Waals surface area contributed by atoms with E-state index >= 15 is 4.57 Å². The van der Waals surface area contributed by atoms with Gasteiger partial charge >= 0.3 is 6.16 Å². The van der Waals surface area contributed by atoms with Gasteiger partial charge < -0.3 is 14.0 Å². The van der Waals surface area contributed by atoms with Crippen LogP contribution in [0.1, 0.15) is 40.0 Å². The third-order valence-electron chi connectivity index (χ3n) is 13.8. The van der Waals surface area contributed by atoms with Crippen LogP contribution >= 0.6 is 7.14 Å². The van der Waals surface area contributed by atoms with Gasteiger partial charge in [0.15, 0.2) is 7.14 Å². The van der Waals surface area contributed by atoms with E-state index in [1.165, 1.54) is 0 Å². The van der Waals surface area contributed by atoms with Gasteiger partial charge in [-0.05, 0) is 86.4 Å². The van der Waals surface area contributed by atoms with E-state index in [9.17, 15) is 4.79 Å².